The summed E-state index contributed by atoms with van der Waals surface area (Å²) < 4.78 is 11.2. The van der Waals surface area contributed by atoms with E-state index >= 15 is 0 Å². The van der Waals surface area contributed by atoms with E-state index in [-0.39, 0.29) is 0 Å². The largest absolute Gasteiger partial charge is 0.462 e. The summed E-state index contributed by atoms with van der Waals surface area (Å²) in [6.07, 6.45) is 4.58. The van der Waals surface area contributed by atoms with Crippen LogP contribution in [0.5, 0.6) is 0 Å². The predicted molar refractivity (Wildman–Crippen MR) is 71.0 cm³/mol. The fourth-order valence-electron chi connectivity index (χ4n) is 1.79. The lowest BCUT2D eigenvalue weighted by Crippen LogP contribution is -1.70. The number of hydrogen-bond donors (Lipinski definition) is 0. The molecule has 2 aromatic heterocycles. The Morgan fingerprint density at radius 3 is 2.72 bits per heavy atom. The van der Waals surface area contributed by atoms with E-state index in [1.165, 1.54) is 0 Å². The van der Waals surface area contributed by atoms with Crippen molar-refractivity contribution in [1.29, 1.82) is 0 Å². The number of furan rings is 1. The van der Waals surface area contributed by atoms with E-state index < -0.39 is 0 Å². The molecule has 0 spiro atoms. The van der Waals surface area contributed by atoms with Crippen molar-refractivity contribution in [2.75, 3.05) is 0 Å². The summed E-state index contributed by atoms with van der Waals surface area (Å²) in [7, 11) is 0. The summed E-state index contributed by atoms with van der Waals surface area (Å²) >= 11 is 0. The molecule has 0 saturated heterocycles. The van der Waals surface area contributed by atoms with Gasteiger partial charge in [0.1, 0.15) is 17.0 Å². The minimum absolute atomic E-state index is 0.589. The minimum atomic E-state index is 0.589. The average Bonchev–Trinajstić information content (AvgIpc) is 3.02. The Morgan fingerprint density at radius 2 is 1.94 bits per heavy atom. The highest BCUT2D eigenvalue weighted by atomic mass is 16.3. The van der Waals surface area contributed by atoms with Gasteiger partial charge >= 0.3 is 0 Å². The number of hydrogen-bond acceptors (Lipinski definition) is 3. The Balaban J connectivity index is 1.87. The Kier molecular flexibility index (Phi) is 2.73. The van der Waals surface area contributed by atoms with Crippen LogP contribution in [0.25, 0.3) is 23.3 Å². The number of oxazole rings is 1. The van der Waals surface area contributed by atoms with Crippen LogP contribution in [0.4, 0.5) is 0 Å². The van der Waals surface area contributed by atoms with Crippen molar-refractivity contribution in [2.24, 2.45) is 0 Å². The number of nitrogens with zero attached hydrogens (tertiary/aromatic N) is 1. The number of para-hydroxylation sites is 2. The van der Waals surface area contributed by atoms with Gasteiger partial charge in [-0.15, -0.1) is 0 Å². The van der Waals surface area contributed by atoms with E-state index in [0.717, 1.165) is 29.0 Å². The molecule has 0 N–H and O–H groups in total. The molecule has 0 aliphatic rings. The van der Waals surface area contributed by atoms with E-state index in [4.69, 9.17) is 8.83 Å². The predicted octanol–water partition coefficient (Wildman–Crippen LogP) is 4.15. The van der Waals surface area contributed by atoms with E-state index in [0.29, 0.717) is 5.89 Å². The van der Waals surface area contributed by atoms with Crippen LogP contribution in [0.15, 0.2) is 45.2 Å². The lowest BCUT2D eigenvalue weighted by atomic mass is 10.3. The SMILES string of the molecule is CCc1ccc(/C=C/c2nc3ccccc3o2)o1. The molecule has 3 nitrogen and oxygen atoms in total. The van der Waals surface area contributed by atoms with Crippen LogP contribution < -0.4 is 0 Å². The van der Waals surface area contributed by atoms with Crippen LogP contribution in [0, 0.1) is 0 Å². The van der Waals surface area contributed by atoms with E-state index in [2.05, 4.69) is 11.9 Å². The van der Waals surface area contributed by atoms with Crippen LogP contribution in [-0.4, -0.2) is 4.98 Å². The number of aromatic nitrogens is 1. The van der Waals surface area contributed by atoms with E-state index in [1.807, 2.05) is 48.6 Å². The van der Waals surface area contributed by atoms with Gasteiger partial charge in [-0.1, -0.05) is 19.1 Å². The summed E-state index contributed by atoms with van der Waals surface area (Å²) in [6.45, 7) is 2.06. The molecule has 0 amide bonds. The fraction of sp³-hybridized carbons (Fsp3) is 0.133. The van der Waals surface area contributed by atoms with Crippen molar-refractivity contribution in [3.05, 3.63) is 53.8 Å². The second-order valence-corrected chi connectivity index (χ2v) is 4.01. The van der Waals surface area contributed by atoms with Gasteiger partial charge in [0.25, 0.3) is 0 Å². The molecule has 18 heavy (non-hydrogen) atoms. The standard InChI is InChI=1S/C15H13NO2/c1-2-11-7-8-12(17-11)9-10-15-16-13-5-3-4-6-14(13)18-15/h3-10H,2H2,1H3/b10-9+. The average molecular weight is 239 g/mol. The van der Waals surface area contributed by atoms with Crippen LogP contribution in [-0.2, 0) is 6.42 Å². The third kappa shape index (κ3) is 2.07. The molecule has 0 aliphatic carbocycles. The zero-order chi connectivity index (χ0) is 12.4. The zero-order valence-corrected chi connectivity index (χ0v) is 10.1. The molecule has 0 saturated carbocycles. The summed E-state index contributed by atoms with van der Waals surface area (Å²) in [5.74, 6) is 2.38. The highest BCUT2D eigenvalue weighted by Gasteiger charge is 2.02. The second-order valence-electron chi connectivity index (χ2n) is 4.01. The monoisotopic (exact) mass is 239 g/mol. The first-order chi connectivity index (χ1) is 8.85. The van der Waals surface area contributed by atoms with Crippen molar-refractivity contribution in [2.45, 2.75) is 13.3 Å². The lowest BCUT2D eigenvalue weighted by molar-refractivity contribution is 0.507. The van der Waals surface area contributed by atoms with Gasteiger partial charge in [-0.2, -0.15) is 0 Å². The molecule has 3 heteroatoms. The molecule has 0 radical (unpaired) electrons. The van der Waals surface area contributed by atoms with Gasteiger partial charge in [0, 0.05) is 12.5 Å². The maximum atomic E-state index is 5.58. The molecule has 0 fully saturated rings. The van der Waals surface area contributed by atoms with Crippen molar-refractivity contribution in [3.63, 3.8) is 0 Å². The highest BCUT2D eigenvalue weighted by molar-refractivity contribution is 5.75. The van der Waals surface area contributed by atoms with E-state index in [1.54, 1.807) is 0 Å². The van der Waals surface area contributed by atoms with Gasteiger partial charge in [-0.3, -0.25) is 0 Å². The first-order valence-electron chi connectivity index (χ1n) is 5.97. The van der Waals surface area contributed by atoms with Gasteiger partial charge in [0.05, 0.1) is 0 Å². The zero-order valence-electron chi connectivity index (χ0n) is 10.1. The van der Waals surface area contributed by atoms with Gasteiger partial charge in [0.2, 0.25) is 5.89 Å². The maximum Gasteiger partial charge on any atom is 0.220 e. The normalized spacial score (nSPS) is 11.6. The first kappa shape index (κ1) is 10.8. The molecule has 1 aromatic carbocycles. The molecule has 3 aromatic rings. The molecular weight excluding hydrogens is 226 g/mol. The van der Waals surface area contributed by atoms with Crippen molar-refractivity contribution in [3.8, 4) is 0 Å². The van der Waals surface area contributed by atoms with Gasteiger partial charge in [-0.25, -0.2) is 4.98 Å². The van der Waals surface area contributed by atoms with Crippen molar-refractivity contribution >= 4 is 23.3 Å². The van der Waals surface area contributed by atoms with Gasteiger partial charge < -0.3 is 8.83 Å². The fourth-order valence-corrected chi connectivity index (χ4v) is 1.79. The second kappa shape index (κ2) is 4.53. The molecule has 90 valence electrons. The summed E-state index contributed by atoms with van der Waals surface area (Å²) in [5, 5.41) is 0. The first-order valence-corrected chi connectivity index (χ1v) is 5.97. The molecule has 0 atom stereocenters. The highest BCUT2D eigenvalue weighted by Crippen LogP contribution is 2.17. The summed E-state index contributed by atoms with van der Waals surface area (Å²) in [4.78, 5) is 4.36. The molecular formula is C15H13NO2. The van der Waals surface area contributed by atoms with Crippen LogP contribution in [0.3, 0.4) is 0 Å². The molecule has 0 bridgehead atoms. The Morgan fingerprint density at radius 1 is 1.06 bits per heavy atom. The Labute approximate surface area is 105 Å². The summed E-state index contributed by atoms with van der Waals surface area (Å²) in [6, 6.07) is 11.6. The molecule has 3 rings (SSSR count). The van der Waals surface area contributed by atoms with Crippen LogP contribution >= 0.6 is 0 Å². The molecule has 0 unspecified atom stereocenters. The quantitative estimate of drug-likeness (QED) is 0.689. The third-order valence-corrected chi connectivity index (χ3v) is 2.73. The lowest BCUT2D eigenvalue weighted by Gasteiger charge is -1.86. The maximum absolute atomic E-state index is 5.58. The number of aryl methyl sites for hydroxylation is 1. The number of fused-ring (bicyclic) bond motifs is 1. The smallest absolute Gasteiger partial charge is 0.220 e. The number of rotatable bonds is 3. The Bertz CT molecular complexity index is 658. The van der Waals surface area contributed by atoms with Crippen LogP contribution in [0.2, 0.25) is 0 Å². The van der Waals surface area contributed by atoms with Crippen molar-refractivity contribution < 1.29 is 8.83 Å². The summed E-state index contributed by atoms with van der Waals surface area (Å²) in [5.41, 5.74) is 1.66. The van der Waals surface area contributed by atoms with Crippen LogP contribution in [0.1, 0.15) is 24.3 Å². The van der Waals surface area contributed by atoms with Gasteiger partial charge in [0.15, 0.2) is 5.58 Å². The minimum Gasteiger partial charge on any atom is -0.462 e. The molecule has 2 heterocycles. The van der Waals surface area contributed by atoms with Gasteiger partial charge in [-0.05, 0) is 30.3 Å². The van der Waals surface area contributed by atoms with Crippen molar-refractivity contribution in [1.82, 2.24) is 4.98 Å². The van der Waals surface area contributed by atoms with E-state index in [9.17, 15) is 0 Å². The molecule has 0 aliphatic heterocycles. The number of benzene rings is 1. The Hall–Kier alpha value is -2.29. The topological polar surface area (TPSA) is 39.2 Å². The third-order valence-electron chi connectivity index (χ3n) is 2.73.